The molecule has 2 aromatic rings. The van der Waals surface area contributed by atoms with Crippen LogP contribution in [0, 0.1) is 13.8 Å². The molecule has 0 saturated carbocycles. The number of carbonyl (C=O) groups excluding carboxylic acids is 3. The van der Waals surface area contributed by atoms with Gasteiger partial charge in [0, 0.05) is 23.5 Å². The third kappa shape index (κ3) is 3.67. The van der Waals surface area contributed by atoms with Gasteiger partial charge in [0.1, 0.15) is 5.54 Å². The number of hydrogen-bond acceptors (Lipinski definition) is 3. The molecule has 154 valence electrons. The number of carbonyl (C=O) groups is 3. The van der Waals surface area contributed by atoms with Crippen LogP contribution in [0.2, 0.25) is 10.0 Å². The molecule has 1 fully saturated rings. The first kappa shape index (κ1) is 21.4. The maximum Gasteiger partial charge on any atom is 0.325 e. The van der Waals surface area contributed by atoms with Gasteiger partial charge in [-0.1, -0.05) is 36.2 Å². The molecule has 3 rings (SSSR count). The van der Waals surface area contributed by atoms with E-state index in [2.05, 4.69) is 16.8 Å². The molecule has 1 atom stereocenters. The van der Waals surface area contributed by atoms with Gasteiger partial charge in [0.2, 0.25) is 0 Å². The molecule has 1 aromatic heterocycles. The van der Waals surface area contributed by atoms with Gasteiger partial charge in [-0.15, -0.1) is 0 Å². The van der Waals surface area contributed by atoms with Gasteiger partial charge >= 0.3 is 6.03 Å². The number of imide groups is 1. The van der Waals surface area contributed by atoms with Crippen LogP contribution in [0.5, 0.6) is 0 Å². The Bertz CT molecular complexity index is 1010. The number of urea groups is 1. The van der Waals surface area contributed by atoms with Gasteiger partial charge in [0.05, 0.1) is 16.6 Å². The lowest BCUT2D eigenvalue weighted by atomic mass is 9.92. The summed E-state index contributed by atoms with van der Waals surface area (Å²) in [6.07, 6.45) is 0.943. The molecule has 8 heteroatoms. The van der Waals surface area contributed by atoms with E-state index in [-0.39, 0.29) is 17.4 Å². The quantitative estimate of drug-likeness (QED) is 0.537. The number of halogens is 2. The fourth-order valence-corrected chi connectivity index (χ4v) is 4.02. The topological polar surface area (TPSA) is 71.4 Å². The number of aryl methyl sites for hydroxylation is 1. The van der Waals surface area contributed by atoms with Crippen molar-refractivity contribution < 1.29 is 14.4 Å². The number of benzene rings is 1. The summed E-state index contributed by atoms with van der Waals surface area (Å²) in [4.78, 5) is 39.5. The number of nitrogens with zero attached hydrogens (tertiary/aromatic N) is 2. The molecule has 1 saturated heterocycles. The van der Waals surface area contributed by atoms with Gasteiger partial charge in [-0.2, -0.15) is 0 Å². The summed E-state index contributed by atoms with van der Waals surface area (Å²) >= 11 is 12.0. The molecule has 1 aliphatic heterocycles. The summed E-state index contributed by atoms with van der Waals surface area (Å²) in [6, 6.07) is 5.95. The van der Waals surface area contributed by atoms with E-state index in [9.17, 15) is 14.4 Å². The number of nitrogens with one attached hydrogen (secondary N) is 1. The van der Waals surface area contributed by atoms with Crippen molar-refractivity contribution in [2.45, 2.75) is 46.2 Å². The molecule has 3 amide bonds. The van der Waals surface area contributed by atoms with Gasteiger partial charge in [-0.25, -0.2) is 4.79 Å². The van der Waals surface area contributed by atoms with Crippen LogP contribution in [-0.4, -0.2) is 33.7 Å². The van der Waals surface area contributed by atoms with E-state index in [1.165, 1.54) is 0 Å². The van der Waals surface area contributed by atoms with E-state index in [1.807, 2.05) is 19.9 Å². The lowest BCUT2D eigenvalue weighted by molar-refractivity contribution is -0.130. The van der Waals surface area contributed by atoms with E-state index in [1.54, 1.807) is 25.1 Å². The number of amides is 3. The van der Waals surface area contributed by atoms with Crippen molar-refractivity contribution in [1.29, 1.82) is 0 Å². The fourth-order valence-electron chi connectivity index (χ4n) is 3.72. The third-order valence-electron chi connectivity index (χ3n) is 5.39. The average Bonchev–Trinajstić information content (AvgIpc) is 3.07. The highest BCUT2D eigenvalue weighted by Crippen LogP contribution is 2.33. The minimum atomic E-state index is -1.31. The van der Waals surface area contributed by atoms with Crippen molar-refractivity contribution in [2.24, 2.45) is 0 Å². The highest BCUT2D eigenvalue weighted by Gasteiger charge is 2.49. The zero-order valence-corrected chi connectivity index (χ0v) is 18.3. The molecule has 1 N–H and O–H groups in total. The summed E-state index contributed by atoms with van der Waals surface area (Å²) in [5.41, 5.74) is 1.53. The van der Waals surface area contributed by atoms with Gasteiger partial charge in [-0.05, 0) is 51.0 Å². The number of Topliss-reactive ketones (excluding diaryl/α,β-unsaturated/α-hetero) is 1. The largest absolute Gasteiger partial charge is 0.348 e. The predicted molar refractivity (Wildman–Crippen MR) is 113 cm³/mol. The van der Waals surface area contributed by atoms with Crippen LogP contribution in [0.15, 0.2) is 24.3 Å². The maximum absolute atomic E-state index is 13.1. The van der Waals surface area contributed by atoms with E-state index < -0.39 is 17.5 Å². The van der Waals surface area contributed by atoms with Crippen molar-refractivity contribution in [3.8, 4) is 0 Å². The smallest absolute Gasteiger partial charge is 0.325 e. The van der Waals surface area contributed by atoms with Gasteiger partial charge < -0.3 is 9.88 Å². The third-order valence-corrected chi connectivity index (χ3v) is 6.13. The molecule has 0 bridgehead atoms. The van der Waals surface area contributed by atoms with Gasteiger partial charge in [-0.3, -0.25) is 14.5 Å². The van der Waals surface area contributed by atoms with E-state index >= 15 is 0 Å². The van der Waals surface area contributed by atoms with E-state index in [0.717, 1.165) is 29.3 Å². The Hall–Kier alpha value is -2.31. The molecule has 0 spiro atoms. The average molecular weight is 436 g/mol. The molecule has 29 heavy (non-hydrogen) atoms. The number of rotatable bonds is 6. The van der Waals surface area contributed by atoms with Crippen molar-refractivity contribution >= 4 is 40.9 Å². The first-order valence-corrected chi connectivity index (χ1v) is 10.1. The van der Waals surface area contributed by atoms with Crippen LogP contribution in [0.4, 0.5) is 4.79 Å². The Morgan fingerprint density at radius 1 is 1.14 bits per heavy atom. The van der Waals surface area contributed by atoms with Crippen LogP contribution < -0.4 is 5.32 Å². The van der Waals surface area contributed by atoms with Crippen molar-refractivity contribution in [1.82, 2.24) is 14.8 Å². The van der Waals surface area contributed by atoms with E-state index in [4.69, 9.17) is 23.2 Å². The van der Waals surface area contributed by atoms with Gasteiger partial charge in [0.15, 0.2) is 5.78 Å². The Morgan fingerprint density at radius 3 is 2.45 bits per heavy atom. The monoisotopic (exact) mass is 435 g/mol. The highest BCUT2D eigenvalue weighted by molar-refractivity contribution is 6.42. The molecule has 2 heterocycles. The minimum Gasteiger partial charge on any atom is -0.348 e. The van der Waals surface area contributed by atoms with E-state index in [0.29, 0.717) is 16.1 Å². The molecule has 1 aromatic carbocycles. The first-order valence-electron chi connectivity index (χ1n) is 9.39. The van der Waals surface area contributed by atoms with Crippen molar-refractivity contribution in [3.05, 3.63) is 56.8 Å². The maximum atomic E-state index is 13.1. The van der Waals surface area contributed by atoms with Crippen LogP contribution in [0.25, 0.3) is 0 Å². The second-order valence-electron chi connectivity index (χ2n) is 7.43. The Balaban J connectivity index is 1.86. The summed E-state index contributed by atoms with van der Waals surface area (Å²) < 4.78 is 2.07. The summed E-state index contributed by atoms with van der Waals surface area (Å²) in [5.74, 6) is -0.779. The fraction of sp³-hybridized carbons (Fsp3) is 0.381. The lowest BCUT2D eigenvalue weighted by Crippen LogP contribution is -2.41. The molecular formula is C21H23Cl2N3O3. The summed E-state index contributed by atoms with van der Waals surface area (Å²) in [5, 5.41) is 3.31. The van der Waals surface area contributed by atoms with Crippen LogP contribution in [0.1, 0.15) is 47.6 Å². The number of ketones is 1. The second kappa shape index (κ2) is 7.84. The predicted octanol–water partition coefficient (Wildman–Crippen LogP) is 4.47. The van der Waals surface area contributed by atoms with Crippen LogP contribution >= 0.6 is 23.2 Å². The van der Waals surface area contributed by atoms with Crippen molar-refractivity contribution in [2.75, 3.05) is 6.54 Å². The molecule has 1 unspecified atom stereocenters. The second-order valence-corrected chi connectivity index (χ2v) is 8.25. The van der Waals surface area contributed by atoms with Gasteiger partial charge in [0.25, 0.3) is 5.91 Å². The number of aromatic nitrogens is 1. The zero-order valence-electron chi connectivity index (χ0n) is 16.8. The molecule has 6 nitrogen and oxygen atoms in total. The first-order chi connectivity index (χ1) is 13.6. The lowest BCUT2D eigenvalue weighted by Gasteiger charge is -2.22. The summed E-state index contributed by atoms with van der Waals surface area (Å²) in [7, 11) is 0. The van der Waals surface area contributed by atoms with Crippen LogP contribution in [0.3, 0.4) is 0 Å². The minimum absolute atomic E-state index is 0.276. The Labute approximate surface area is 179 Å². The molecule has 1 aliphatic rings. The SMILES string of the molecule is CCCn1c(C)cc(C(=O)CN2C(=O)NC(C)(c3ccc(Cl)c(Cl)c3)C2=O)c1C. The molecule has 0 radical (unpaired) electrons. The molecular weight excluding hydrogens is 413 g/mol. The summed E-state index contributed by atoms with van der Waals surface area (Å²) in [6.45, 7) is 7.96. The molecule has 0 aliphatic carbocycles. The van der Waals surface area contributed by atoms with Crippen molar-refractivity contribution in [3.63, 3.8) is 0 Å². The Morgan fingerprint density at radius 2 is 1.83 bits per heavy atom. The highest BCUT2D eigenvalue weighted by atomic mass is 35.5. The Kier molecular flexibility index (Phi) is 5.79. The van der Waals surface area contributed by atoms with Crippen LogP contribution in [-0.2, 0) is 16.9 Å². The zero-order chi connectivity index (χ0) is 21.5. The standard InChI is InChI=1S/C21H23Cl2N3O3/c1-5-8-25-12(2)9-15(13(25)3)18(27)11-26-19(28)21(4,24-20(26)29)14-6-7-16(22)17(23)10-14/h6-7,9-10H,5,8,11H2,1-4H3,(H,24,29). The normalized spacial score (nSPS) is 19.0. The number of hydrogen-bond donors (Lipinski definition) is 1.